The van der Waals surface area contributed by atoms with E-state index in [2.05, 4.69) is 20.6 Å². The van der Waals surface area contributed by atoms with Gasteiger partial charge < -0.3 is 14.4 Å². The molecule has 0 unspecified atom stereocenters. The van der Waals surface area contributed by atoms with Crippen molar-refractivity contribution in [1.82, 2.24) is 20.0 Å². The van der Waals surface area contributed by atoms with Crippen LogP contribution in [0.15, 0.2) is 11.6 Å². The van der Waals surface area contributed by atoms with E-state index in [-0.39, 0.29) is 0 Å². The lowest BCUT2D eigenvalue weighted by molar-refractivity contribution is 0.0281. The largest absolute Gasteiger partial charge is 0.382 e. The summed E-state index contributed by atoms with van der Waals surface area (Å²) in [5.41, 5.74) is 1.68. The molecule has 0 radical (unpaired) electrons. The number of thiazole rings is 1. The van der Waals surface area contributed by atoms with Crippen molar-refractivity contribution in [3.63, 3.8) is 0 Å². The van der Waals surface area contributed by atoms with Crippen LogP contribution in [0.1, 0.15) is 25.7 Å². The molecule has 126 valence electrons. The van der Waals surface area contributed by atoms with Gasteiger partial charge in [0.05, 0.1) is 19.4 Å². The maximum Gasteiger partial charge on any atom is 0.185 e. The van der Waals surface area contributed by atoms with Gasteiger partial charge in [-0.3, -0.25) is 0 Å². The van der Waals surface area contributed by atoms with Crippen LogP contribution in [0.5, 0.6) is 0 Å². The monoisotopic (exact) mass is 337 g/mol. The van der Waals surface area contributed by atoms with Crippen LogP contribution >= 0.6 is 11.3 Å². The molecule has 8 heteroatoms. The Morgan fingerprint density at radius 1 is 1.13 bits per heavy atom. The molecule has 7 nitrogen and oxygen atoms in total. The van der Waals surface area contributed by atoms with Crippen molar-refractivity contribution in [3.8, 4) is 11.4 Å². The first kappa shape index (κ1) is 16.4. The second-order valence-corrected chi connectivity index (χ2v) is 6.43. The predicted octanol–water partition coefficient (Wildman–Crippen LogP) is 2.40. The van der Waals surface area contributed by atoms with Crippen molar-refractivity contribution >= 4 is 16.5 Å². The SMILES string of the molecule is COCCOCn1cc(-c2csc(N3CCCCCC3)n2)nn1. The maximum absolute atomic E-state index is 5.43. The highest BCUT2D eigenvalue weighted by Gasteiger charge is 2.15. The average Bonchev–Trinajstić information content (AvgIpc) is 3.15. The van der Waals surface area contributed by atoms with E-state index in [0.29, 0.717) is 19.9 Å². The minimum Gasteiger partial charge on any atom is -0.382 e. The molecule has 1 aliphatic rings. The summed E-state index contributed by atoms with van der Waals surface area (Å²) in [6, 6.07) is 0. The van der Waals surface area contributed by atoms with Crippen LogP contribution in [-0.4, -0.2) is 53.4 Å². The lowest BCUT2D eigenvalue weighted by atomic mass is 10.2. The highest BCUT2D eigenvalue weighted by Crippen LogP contribution is 2.27. The highest BCUT2D eigenvalue weighted by atomic mass is 32.1. The summed E-state index contributed by atoms with van der Waals surface area (Å²) in [6.45, 7) is 3.70. The third kappa shape index (κ3) is 4.49. The summed E-state index contributed by atoms with van der Waals surface area (Å²) in [6.07, 6.45) is 7.03. The Balaban J connectivity index is 1.60. The smallest absolute Gasteiger partial charge is 0.185 e. The van der Waals surface area contributed by atoms with Crippen molar-refractivity contribution in [2.45, 2.75) is 32.4 Å². The van der Waals surface area contributed by atoms with Gasteiger partial charge in [0.15, 0.2) is 5.13 Å². The minimum absolute atomic E-state index is 0.374. The third-order valence-corrected chi connectivity index (χ3v) is 4.73. The molecule has 0 amide bonds. The molecule has 0 atom stereocenters. The van der Waals surface area contributed by atoms with E-state index in [1.807, 2.05) is 6.20 Å². The van der Waals surface area contributed by atoms with Gasteiger partial charge in [0.2, 0.25) is 0 Å². The first-order chi connectivity index (χ1) is 11.4. The van der Waals surface area contributed by atoms with Crippen LogP contribution in [-0.2, 0) is 16.2 Å². The van der Waals surface area contributed by atoms with Crippen molar-refractivity contribution in [3.05, 3.63) is 11.6 Å². The number of rotatable bonds is 7. The van der Waals surface area contributed by atoms with E-state index >= 15 is 0 Å². The fourth-order valence-corrected chi connectivity index (χ4v) is 3.44. The van der Waals surface area contributed by atoms with Gasteiger partial charge in [-0.15, -0.1) is 16.4 Å². The number of methoxy groups -OCH3 is 1. The summed E-state index contributed by atoms with van der Waals surface area (Å²) in [4.78, 5) is 7.13. The number of hydrogen-bond acceptors (Lipinski definition) is 7. The molecule has 0 N–H and O–H groups in total. The topological polar surface area (TPSA) is 65.3 Å². The van der Waals surface area contributed by atoms with Gasteiger partial charge in [0.1, 0.15) is 18.1 Å². The van der Waals surface area contributed by atoms with Gasteiger partial charge in [-0.1, -0.05) is 18.1 Å². The van der Waals surface area contributed by atoms with Crippen LogP contribution in [0.4, 0.5) is 5.13 Å². The van der Waals surface area contributed by atoms with E-state index < -0.39 is 0 Å². The lowest BCUT2D eigenvalue weighted by Crippen LogP contribution is -2.23. The molecule has 1 aliphatic heterocycles. The first-order valence-electron chi connectivity index (χ1n) is 8.04. The normalized spacial score (nSPS) is 15.8. The van der Waals surface area contributed by atoms with Crippen molar-refractivity contribution < 1.29 is 9.47 Å². The lowest BCUT2D eigenvalue weighted by Gasteiger charge is -2.18. The number of aromatic nitrogens is 4. The van der Waals surface area contributed by atoms with Crippen LogP contribution in [0.2, 0.25) is 0 Å². The summed E-state index contributed by atoms with van der Waals surface area (Å²) in [5.74, 6) is 0. The van der Waals surface area contributed by atoms with E-state index in [4.69, 9.17) is 14.5 Å². The molecule has 1 fully saturated rings. The molecule has 2 aromatic rings. The minimum atomic E-state index is 0.374. The first-order valence-corrected chi connectivity index (χ1v) is 8.92. The Labute approximate surface area is 140 Å². The summed E-state index contributed by atoms with van der Waals surface area (Å²) in [5, 5.41) is 11.4. The molecule has 23 heavy (non-hydrogen) atoms. The van der Waals surface area contributed by atoms with E-state index in [0.717, 1.165) is 29.6 Å². The Morgan fingerprint density at radius 2 is 1.96 bits per heavy atom. The quantitative estimate of drug-likeness (QED) is 0.723. The molecule has 0 spiro atoms. The molecule has 1 saturated heterocycles. The molecular formula is C15H23N5O2S. The van der Waals surface area contributed by atoms with E-state index in [1.54, 1.807) is 23.1 Å². The second-order valence-electron chi connectivity index (χ2n) is 5.59. The molecule has 3 heterocycles. The molecule has 0 bridgehead atoms. The average molecular weight is 337 g/mol. The number of anilines is 1. The Bertz CT molecular complexity index is 592. The van der Waals surface area contributed by atoms with Gasteiger partial charge in [0.25, 0.3) is 0 Å². The molecule has 0 aromatic carbocycles. The van der Waals surface area contributed by atoms with Crippen molar-refractivity contribution in [2.24, 2.45) is 0 Å². The summed E-state index contributed by atoms with van der Waals surface area (Å²) >= 11 is 1.68. The van der Waals surface area contributed by atoms with Gasteiger partial charge in [-0.2, -0.15) is 0 Å². The number of nitrogens with zero attached hydrogens (tertiary/aromatic N) is 5. The van der Waals surface area contributed by atoms with Gasteiger partial charge in [-0.05, 0) is 12.8 Å². The predicted molar refractivity (Wildman–Crippen MR) is 89.6 cm³/mol. The number of ether oxygens (including phenoxy) is 2. The van der Waals surface area contributed by atoms with Crippen LogP contribution in [0, 0.1) is 0 Å². The van der Waals surface area contributed by atoms with Crippen LogP contribution in [0.3, 0.4) is 0 Å². The summed E-state index contributed by atoms with van der Waals surface area (Å²) < 4.78 is 12.0. The number of hydrogen-bond donors (Lipinski definition) is 0. The molecule has 3 rings (SSSR count). The zero-order valence-corrected chi connectivity index (χ0v) is 14.3. The van der Waals surface area contributed by atoms with Gasteiger partial charge in [0, 0.05) is 25.6 Å². The zero-order chi connectivity index (χ0) is 15.9. The Hall–Kier alpha value is -1.51. The van der Waals surface area contributed by atoms with Crippen LogP contribution in [0.25, 0.3) is 11.4 Å². The second kappa shape index (κ2) is 8.37. The molecular weight excluding hydrogens is 314 g/mol. The molecule has 2 aromatic heterocycles. The fourth-order valence-electron chi connectivity index (χ4n) is 2.57. The highest BCUT2D eigenvalue weighted by molar-refractivity contribution is 7.14. The summed E-state index contributed by atoms with van der Waals surface area (Å²) in [7, 11) is 1.65. The van der Waals surface area contributed by atoms with Crippen LogP contribution < -0.4 is 4.90 Å². The van der Waals surface area contributed by atoms with E-state index in [1.165, 1.54) is 25.7 Å². The Morgan fingerprint density at radius 3 is 2.74 bits per heavy atom. The fraction of sp³-hybridized carbons (Fsp3) is 0.667. The zero-order valence-electron chi connectivity index (χ0n) is 13.5. The standard InChI is InChI=1S/C15H23N5O2S/c1-21-8-9-22-12-20-10-13(17-18-20)14-11-23-15(16-14)19-6-4-2-3-5-7-19/h10-11H,2-9,12H2,1H3. The Kier molecular flexibility index (Phi) is 5.95. The van der Waals surface area contributed by atoms with Gasteiger partial charge >= 0.3 is 0 Å². The molecule has 0 aliphatic carbocycles. The van der Waals surface area contributed by atoms with Crippen molar-refractivity contribution in [2.75, 3.05) is 38.3 Å². The molecule has 0 saturated carbocycles. The van der Waals surface area contributed by atoms with Crippen molar-refractivity contribution in [1.29, 1.82) is 0 Å². The van der Waals surface area contributed by atoms with Gasteiger partial charge in [-0.25, -0.2) is 9.67 Å². The maximum atomic E-state index is 5.43. The van der Waals surface area contributed by atoms with E-state index in [9.17, 15) is 0 Å². The third-order valence-electron chi connectivity index (χ3n) is 3.83.